The summed E-state index contributed by atoms with van der Waals surface area (Å²) in [4.78, 5) is 40.8. The molecule has 4 atom stereocenters. The third-order valence-corrected chi connectivity index (χ3v) is 8.48. The number of halogens is 3. The molecule has 1 fully saturated rings. The standard InChI is InChI=1S/C31H33Cl2FN4O3/c1-5-12-38-13-11-18(15-24(38)39)35-28(40)27-25(19-7-6-8-21(33)26(19)34)31(23(37-27)16-30(2,3)4)20-10-9-17(32)14-22(20)36-29(31)41/h6-11,13-15,23,25,27,37H,5,12,16H2,1-4H3,(H,35,40)(H,36,41)/t23-,25-,27+,31+/m0/s1. The third-order valence-electron chi connectivity index (χ3n) is 7.95. The lowest BCUT2D eigenvalue weighted by molar-refractivity contribution is -0.122. The van der Waals surface area contributed by atoms with Crippen LogP contribution in [0.3, 0.4) is 0 Å². The molecular formula is C31H33Cl2FN4O3. The first-order valence-electron chi connectivity index (χ1n) is 13.7. The van der Waals surface area contributed by atoms with Gasteiger partial charge in [-0.2, -0.15) is 0 Å². The van der Waals surface area contributed by atoms with Gasteiger partial charge in [0.2, 0.25) is 11.8 Å². The second kappa shape index (κ2) is 10.9. The van der Waals surface area contributed by atoms with E-state index in [1.807, 2.05) is 27.7 Å². The van der Waals surface area contributed by atoms with E-state index in [9.17, 15) is 14.4 Å². The van der Waals surface area contributed by atoms with Gasteiger partial charge in [-0.1, -0.05) is 69.1 Å². The van der Waals surface area contributed by atoms with Gasteiger partial charge in [-0.25, -0.2) is 4.39 Å². The van der Waals surface area contributed by atoms with E-state index in [2.05, 4.69) is 16.0 Å². The van der Waals surface area contributed by atoms with Crippen LogP contribution in [0.25, 0.3) is 0 Å². The van der Waals surface area contributed by atoms with Crippen LogP contribution in [0.1, 0.15) is 57.6 Å². The van der Waals surface area contributed by atoms with Crippen LogP contribution in [0.2, 0.25) is 10.0 Å². The molecule has 2 aliphatic heterocycles. The lowest BCUT2D eigenvalue weighted by Crippen LogP contribution is -2.49. The minimum Gasteiger partial charge on any atom is -0.325 e. The molecule has 3 N–H and O–H groups in total. The van der Waals surface area contributed by atoms with Gasteiger partial charge in [-0.05, 0) is 53.6 Å². The van der Waals surface area contributed by atoms with Gasteiger partial charge in [-0.3, -0.25) is 14.4 Å². The molecule has 1 spiro atoms. The molecule has 1 saturated heterocycles. The second-order valence-corrected chi connectivity index (χ2v) is 12.9. The Morgan fingerprint density at radius 1 is 1.12 bits per heavy atom. The number of hydrogen-bond acceptors (Lipinski definition) is 4. The van der Waals surface area contributed by atoms with Crippen molar-refractivity contribution in [1.82, 2.24) is 9.88 Å². The predicted molar refractivity (Wildman–Crippen MR) is 160 cm³/mol. The van der Waals surface area contributed by atoms with Crippen LogP contribution in [0, 0.1) is 11.2 Å². The minimum absolute atomic E-state index is 0.106. The molecule has 0 aliphatic carbocycles. The average molecular weight is 600 g/mol. The molecule has 0 unspecified atom stereocenters. The molecule has 216 valence electrons. The van der Waals surface area contributed by atoms with Gasteiger partial charge in [0.1, 0.15) is 11.2 Å². The number of anilines is 2. The summed E-state index contributed by atoms with van der Waals surface area (Å²) in [7, 11) is 0. The number of hydrogen-bond donors (Lipinski definition) is 3. The number of nitrogens with zero attached hydrogens (tertiary/aromatic N) is 1. The van der Waals surface area contributed by atoms with Gasteiger partial charge in [0, 0.05) is 47.2 Å². The van der Waals surface area contributed by atoms with Crippen LogP contribution >= 0.6 is 23.2 Å². The van der Waals surface area contributed by atoms with Crippen molar-refractivity contribution in [3.63, 3.8) is 0 Å². The fourth-order valence-electron chi connectivity index (χ4n) is 6.38. The molecule has 10 heteroatoms. The van der Waals surface area contributed by atoms with Gasteiger partial charge in [0.05, 0.1) is 11.1 Å². The number of rotatable bonds is 6. The van der Waals surface area contributed by atoms with Crippen molar-refractivity contribution in [3.8, 4) is 0 Å². The zero-order valence-corrected chi connectivity index (χ0v) is 24.9. The highest BCUT2D eigenvalue weighted by molar-refractivity contribution is 6.31. The van der Waals surface area contributed by atoms with Gasteiger partial charge in [0.25, 0.3) is 5.56 Å². The van der Waals surface area contributed by atoms with Crippen molar-refractivity contribution in [2.45, 2.75) is 70.5 Å². The summed E-state index contributed by atoms with van der Waals surface area (Å²) < 4.78 is 17.4. The highest BCUT2D eigenvalue weighted by Gasteiger charge is 2.66. The first kappa shape index (κ1) is 29.3. The Balaban J connectivity index is 1.68. The summed E-state index contributed by atoms with van der Waals surface area (Å²) in [5.41, 5.74) is -0.234. The molecule has 7 nitrogen and oxygen atoms in total. The SMILES string of the molecule is CCCn1ccc(NC(=O)[C@@H]2N[C@@H](CC(C)(C)C)[C@@]3(C(=O)Nc4cc(Cl)ccc43)[C@H]2c2cccc(Cl)c2F)cc1=O. The number of benzene rings is 2. The summed E-state index contributed by atoms with van der Waals surface area (Å²) >= 11 is 12.5. The van der Waals surface area contributed by atoms with E-state index in [0.717, 1.165) is 6.42 Å². The third kappa shape index (κ3) is 5.18. The fourth-order valence-corrected chi connectivity index (χ4v) is 6.74. The maximum absolute atomic E-state index is 15.9. The monoisotopic (exact) mass is 598 g/mol. The molecular weight excluding hydrogens is 566 g/mol. The number of aryl methyl sites for hydroxylation is 1. The molecule has 0 bridgehead atoms. The highest BCUT2D eigenvalue weighted by atomic mass is 35.5. The second-order valence-electron chi connectivity index (χ2n) is 12.0. The van der Waals surface area contributed by atoms with Gasteiger partial charge in [-0.15, -0.1) is 0 Å². The average Bonchev–Trinajstić information content (AvgIpc) is 3.36. The molecule has 41 heavy (non-hydrogen) atoms. The van der Waals surface area contributed by atoms with E-state index < -0.39 is 35.1 Å². The molecule has 1 aromatic heterocycles. The van der Waals surface area contributed by atoms with Crippen LogP contribution in [-0.2, 0) is 21.5 Å². The Morgan fingerprint density at radius 3 is 2.56 bits per heavy atom. The molecule has 2 aromatic carbocycles. The maximum Gasteiger partial charge on any atom is 0.252 e. The lowest BCUT2D eigenvalue weighted by Gasteiger charge is -2.37. The highest BCUT2D eigenvalue weighted by Crippen LogP contribution is 2.57. The summed E-state index contributed by atoms with van der Waals surface area (Å²) in [6, 6.07) is 11.2. The number of amides is 2. The maximum atomic E-state index is 15.9. The van der Waals surface area contributed by atoms with Gasteiger partial charge < -0.3 is 20.5 Å². The predicted octanol–water partition coefficient (Wildman–Crippen LogP) is 6.09. The van der Waals surface area contributed by atoms with Crippen LogP contribution in [0.5, 0.6) is 0 Å². The number of carbonyl (C=O) groups excluding carboxylic acids is 2. The first-order valence-corrected chi connectivity index (χ1v) is 14.4. The minimum atomic E-state index is -1.36. The van der Waals surface area contributed by atoms with Crippen molar-refractivity contribution < 1.29 is 14.0 Å². The summed E-state index contributed by atoms with van der Waals surface area (Å²) in [6.45, 7) is 8.67. The Bertz CT molecular complexity index is 1580. The van der Waals surface area contributed by atoms with Crippen LogP contribution < -0.4 is 21.5 Å². The smallest absolute Gasteiger partial charge is 0.252 e. The topological polar surface area (TPSA) is 92.2 Å². The van der Waals surface area contributed by atoms with Crippen molar-refractivity contribution in [2.24, 2.45) is 5.41 Å². The van der Waals surface area contributed by atoms with Gasteiger partial charge >= 0.3 is 0 Å². The Labute approximate surface area is 248 Å². The van der Waals surface area contributed by atoms with Crippen LogP contribution in [0.15, 0.2) is 59.5 Å². The molecule has 3 heterocycles. The van der Waals surface area contributed by atoms with Crippen molar-refractivity contribution in [3.05, 3.63) is 92.1 Å². The zero-order valence-electron chi connectivity index (χ0n) is 23.4. The van der Waals surface area contributed by atoms with Crippen molar-refractivity contribution >= 4 is 46.4 Å². The molecule has 0 saturated carbocycles. The summed E-state index contributed by atoms with van der Waals surface area (Å²) in [5, 5.41) is 9.57. The van der Waals surface area contributed by atoms with E-state index in [1.54, 1.807) is 47.2 Å². The van der Waals surface area contributed by atoms with Crippen LogP contribution in [0.4, 0.5) is 15.8 Å². The number of aromatic nitrogens is 1. The summed E-state index contributed by atoms with van der Waals surface area (Å²) in [6.07, 6.45) is 2.92. The Kier molecular flexibility index (Phi) is 7.78. The van der Waals surface area contributed by atoms with Crippen molar-refractivity contribution in [1.29, 1.82) is 0 Å². The van der Waals surface area contributed by atoms with E-state index in [4.69, 9.17) is 23.2 Å². The Hall–Kier alpha value is -3.20. The van der Waals surface area contributed by atoms with E-state index in [0.29, 0.717) is 34.9 Å². The van der Waals surface area contributed by atoms with E-state index >= 15 is 4.39 Å². The van der Waals surface area contributed by atoms with E-state index in [1.165, 1.54) is 12.1 Å². The van der Waals surface area contributed by atoms with Gasteiger partial charge in [0.15, 0.2) is 0 Å². The number of fused-ring (bicyclic) bond motifs is 2. The van der Waals surface area contributed by atoms with E-state index in [-0.39, 0.29) is 27.5 Å². The zero-order chi connectivity index (χ0) is 29.7. The molecule has 3 aromatic rings. The number of carbonyl (C=O) groups is 2. The molecule has 0 radical (unpaired) electrons. The first-order chi connectivity index (χ1) is 19.4. The fraction of sp³-hybridized carbons (Fsp3) is 0.387. The molecule has 2 aliphatic rings. The van der Waals surface area contributed by atoms with Crippen molar-refractivity contribution in [2.75, 3.05) is 10.6 Å². The largest absolute Gasteiger partial charge is 0.325 e. The normalized spacial score (nSPS) is 23.5. The molecule has 2 amide bonds. The quantitative estimate of drug-likeness (QED) is 0.320. The summed E-state index contributed by atoms with van der Waals surface area (Å²) in [5.74, 6) is -2.50. The molecule has 5 rings (SSSR count). The number of pyridine rings is 1. The lowest BCUT2D eigenvalue weighted by atomic mass is 9.62. The number of nitrogens with one attached hydrogen (secondary N) is 3. The van der Waals surface area contributed by atoms with Crippen LogP contribution in [-0.4, -0.2) is 28.5 Å². The Morgan fingerprint density at radius 2 is 1.88 bits per heavy atom.